The van der Waals surface area contributed by atoms with Gasteiger partial charge in [0.25, 0.3) is 5.91 Å². The van der Waals surface area contributed by atoms with Gasteiger partial charge in [0.15, 0.2) is 5.65 Å². The molecule has 0 aliphatic heterocycles. The van der Waals surface area contributed by atoms with Gasteiger partial charge in [0.1, 0.15) is 0 Å². The maximum atomic E-state index is 12.7. The van der Waals surface area contributed by atoms with Crippen LogP contribution >= 0.6 is 0 Å². The highest BCUT2D eigenvalue weighted by Crippen LogP contribution is 2.31. The SMILES string of the molecule is CCCNC(=O)c1cn(C(O)(O)O)c2ccc(-c3ccn4nc(NC(=O)C5CC5)nc4c3)cc12. The van der Waals surface area contributed by atoms with Gasteiger partial charge in [-0.3, -0.25) is 19.5 Å². The van der Waals surface area contributed by atoms with Gasteiger partial charge in [-0.25, -0.2) is 4.52 Å². The fourth-order valence-corrected chi connectivity index (χ4v) is 3.84. The maximum Gasteiger partial charge on any atom is 0.373 e. The molecule has 34 heavy (non-hydrogen) atoms. The highest BCUT2D eigenvalue weighted by molar-refractivity contribution is 6.08. The van der Waals surface area contributed by atoms with Crippen molar-refractivity contribution in [3.8, 4) is 11.1 Å². The Labute approximate surface area is 193 Å². The number of amides is 2. The zero-order chi connectivity index (χ0) is 24.0. The van der Waals surface area contributed by atoms with Crippen LogP contribution in [0.15, 0.2) is 42.7 Å². The molecule has 0 atom stereocenters. The van der Waals surface area contributed by atoms with Crippen LogP contribution < -0.4 is 10.6 Å². The molecule has 176 valence electrons. The lowest BCUT2D eigenvalue weighted by atomic mass is 10.0. The summed E-state index contributed by atoms with van der Waals surface area (Å²) in [6.45, 7) is 2.38. The number of carbonyl (C=O) groups is 2. The van der Waals surface area contributed by atoms with Crippen LogP contribution in [0.4, 0.5) is 5.95 Å². The van der Waals surface area contributed by atoms with Gasteiger partial charge < -0.3 is 20.6 Å². The van der Waals surface area contributed by atoms with Crippen molar-refractivity contribution in [1.82, 2.24) is 24.5 Å². The molecule has 0 radical (unpaired) electrons. The third-order valence-corrected chi connectivity index (χ3v) is 5.76. The Morgan fingerprint density at radius 3 is 2.62 bits per heavy atom. The minimum Gasteiger partial charge on any atom is -0.352 e. The Kier molecular flexibility index (Phi) is 5.31. The smallest absolute Gasteiger partial charge is 0.352 e. The number of rotatable bonds is 7. The van der Waals surface area contributed by atoms with Gasteiger partial charge in [0.2, 0.25) is 11.9 Å². The molecule has 3 aromatic heterocycles. The number of nitrogens with zero attached hydrogens (tertiary/aromatic N) is 4. The zero-order valence-corrected chi connectivity index (χ0v) is 18.4. The fourth-order valence-electron chi connectivity index (χ4n) is 3.84. The predicted molar refractivity (Wildman–Crippen MR) is 123 cm³/mol. The Morgan fingerprint density at radius 2 is 1.91 bits per heavy atom. The maximum absolute atomic E-state index is 12.7. The van der Waals surface area contributed by atoms with Crippen LogP contribution in [0.3, 0.4) is 0 Å². The third-order valence-electron chi connectivity index (χ3n) is 5.76. The number of hydrogen-bond acceptors (Lipinski definition) is 7. The first-order valence-corrected chi connectivity index (χ1v) is 11.0. The van der Waals surface area contributed by atoms with Crippen LogP contribution in [-0.4, -0.2) is 52.8 Å². The molecule has 0 unspecified atom stereocenters. The molecule has 1 fully saturated rings. The Morgan fingerprint density at radius 1 is 1.15 bits per heavy atom. The quantitative estimate of drug-likeness (QED) is 0.259. The summed E-state index contributed by atoms with van der Waals surface area (Å²) in [6.07, 6.45) is 2.27. The highest BCUT2D eigenvalue weighted by atomic mass is 16.7. The molecule has 11 nitrogen and oxygen atoms in total. The van der Waals surface area contributed by atoms with Crippen molar-refractivity contribution < 1.29 is 24.9 Å². The number of carbonyl (C=O) groups excluding carboxylic acids is 2. The van der Waals surface area contributed by atoms with Gasteiger partial charge in [-0.1, -0.05) is 13.0 Å². The molecule has 1 aliphatic rings. The molecule has 1 aliphatic carbocycles. The largest absolute Gasteiger partial charge is 0.373 e. The molecule has 2 amide bonds. The summed E-state index contributed by atoms with van der Waals surface area (Å²) in [4.78, 5) is 29.1. The lowest BCUT2D eigenvalue weighted by Gasteiger charge is -2.16. The summed E-state index contributed by atoms with van der Waals surface area (Å²) in [6, 6.07) is 8.67. The topological polar surface area (TPSA) is 154 Å². The molecular weight excluding hydrogens is 440 g/mol. The van der Waals surface area contributed by atoms with E-state index in [0.29, 0.717) is 17.6 Å². The average molecular weight is 464 g/mol. The van der Waals surface area contributed by atoms with Gasteiger partial charge in [0, 0.05) is 30.2 Å². The van der Waals surface area contributed by atoms with Gasteiger partial charge in [-0.2, -0.15) is 4.98 Å². The first-order valence-electron chi connectivity index (χ1n) is 11.0. The lowest BCUT2D eigenvalue weighted by Crippen LogP contribution is -2.31. The molecule has 1 aromatic carbocycles. The van der Waals surface area contributed by atoms with E-state index in [1.807, 2.05) is 13.0 Å². The molecule has 0 saturated heterocycles. The molecule has 4 aromatic rings. The zero-order valence-electron chi connectivity index (χ0n) is 18.4. The van der Waals surface area contributed by atoms with Crippen LogP contribution in [0.5, 0.6) is 0 Å². The molecule has 0 bridgehead atoms. The van der Waals surface area contributed by atoms with E-state index in [1.54, 1.807) is 35.0 Å². The number of aliphatic hydroxyl groups is 3. The summed E-state index contributed by atoms with van der Waals surface area (Å²) < 4.78 is 2.38. The Balaban J connectivity index is 1.53. The van der Waals surface area contributed by atoms with E-state index >= 15 is 0 Å². The summed E-state index contributed by atoms with van der Waals surface area (Å²) in [5.41, 5.74) is 2.51. The van der Waals surface area contributed by atoms with E-state index in [1.165, 1.54) is 6.20 Å². The molecule has 11 heteroatoms. The number of pyridine rings is 1. The number of benzene rings is 1. The van der Waals surface area contributed by atoms with E-state index in [2.05, 4.69) is 20.7 Å². The first kappa shape index (κ1) is 22.0. The van der Waals surface area contributed by atoms with Crippen molar-refractivity contribution in [2.24, 2.45) is 5.92 Å². The van der Waals surface area contributed by atoms with Gasteiger partial charge >= 0.3 is 6.10 Å². The van der Waals surface area contributed by atoms with Crippen LogP contribution in [0.2, 0.25) is 0 Å². The summed E-state index contributed by atoms with van der Waals surface area (Å²) >= 11 is 0. The molecule has 5 N–H and O–H groups in total. The Bertz CT molecular complexity index is 1410. The number of nitrogens with one attached hydrogen (secondary N) is 2. The molecule has 3 heterocycles. The van der Waals surface area contributed by atoms with E-state index in [-0.39, 0.29) is 28.9 Å². The second-order valence-electron chi connectivity index (χ2n) is 8.42. The van der Waals surface area contributed by atoms with E-state index < -0.39 is 12.0 Å². The molecule has 1 saturated carbocycles. The minimum atomic E-state index is -3.16. The molecular formula is C23H24N6O5. The normalized spacial score (nSPS) is 14.0. The van der Waals surface area contributed by atoms with Gasteiger partial charge in [-0.15, -0.1) is 5.10 Å². The van der Waals surface area contributed by atoms with Crippen molar-refractivity contribution in [1.29, 1.82) is 0 Å². The van der Waals surface area contributed by atoms with Crippen molar-refractivity contribution in [2.45, 2.75) is 32.3 Å². The number of aromatic nitrogens is 4. The second-order valence-corrected chi connectivity index (χ2v) is 8.42. The summed E-state index contributed by atoms with van der Waals surface area (Å²) in [7, 11) is 0. The van der Waals surface area contributed by atoms with E-state index in [0.717, 1.165) is 35.0 Å². The summed E-state index contributed by atoms with van der Waals surface area (Å²) in [5.74, 6) is -0.189. The summed E-state index contributed by atoms with van der Waals surface area (Å²) in [5, 5.41) is 39.5. The molecule has 5 rings (SSSR count). The van der Waals surface area contributed by atoms with Crippen LogP contribution in [0.25, 0.3) is 27.7 Å². The number of fused-ring (bicyclic) bond motifs is 2. The average Bonchev–Trinajstić information content (AvgIpc) is 3.46. The number of hydrogen-bond donors (Lipinski definition) is 5. The van der Waals surface area contributed by atoms with Crippen molar-refractivity contribution in [3.63, 3.8) is 0 Å². The second kappa shape index (κ2) is 8.20. The van der Waals surface area contributed by atoms with Crippen molar-refractivity contribution >= 4 is 34.3 Å². The fraction of sp³-hybridized carbons (Fsp3) is 0.304. The lowest BCUT2D eigenvalue weighted by molar-refractivity contribution is -0.373. The van der Waals surface area contributed by atoms with Crippen LogP contribution in [0.1, 0.15) is 36.5 Å². The van der Waals surface area contributed by atoms with E-state index in [9.17, 15) is 24.9 Å². The van der Waals surface area contributed by atoms with E-state index in [4.69, 9.17) is 0 Å². The van der Waals surface area contributed by atoms with Crippen LogP contribution in [-0.2, 0) is 10.9 Å². The third kappa shape index (κ3) is 4.12. The first-order chi connectivity index (χ1) is 16.2. The standard InChI is InChI=1S/C23H24N6O5/c1-2-8-24-21(31)17-12-28(23(32,33)34)18-6-5-14(10-16(17)18)15-7-9-29-19(11-15)25-22(27-29)26-20(30)13-3-4-13/h5-7,9-13,32-34H,2-4,8H2,1H3,(H,24,31)(H,26,27,30). The highest BCUT2D eigenvalue weighted by Gasteiger charge is 2.30. The van der Waals surface area contributed by atoms with Crippen molar-refractivity contribution in [2.75, 3.05) is 11.9 Å². The number of anilines is 1. The van der Waals surface area contributed by atoms with Crippen molar-refractivity contribution in [3.05, 3.63) is 48.3 Å². The van der Waals surface area contributed by atoms with Crippen LogP contribution in [0, 0.1) is 5.92 Å². The molecule has 0 spiro atoms. The predicted octanol–water partition coefficient (Wildman–Crippen LogP) is 1.38. The minimum absolute atomic E-state index is 0.0421. The van der Waals surface area contributed by atoms with Gasteiger partial charge in [0.05, 0.1) is 11.1 Å². The van der Waals surface area contributed by atoms with Gasteiger partial charge in [-0.05, 0) is 54.7 Å². The monoisotopic (exact) mass is 464 g/mol. The Hall–Kier alpha value is -3.80.